The van der Waals surface area contributed by atoms with Crippen LogP contribution in [0.15, 0.2) is 24.3 Å². The minimum absolute atomic E-state index is 0.0910. The number of rotatable bonds is 5. The molecule has 0 saturated carbocycles. The first kappa shape index (κ1) is 15.3. The maximum atomic E-state index is 11.6. The van der Waals surface area contributed by atoms with Gasteiger partial charge in [0, 0.05) is 31.4 Å². The third-order valence-electron chi connectivity index (χ3n) is 3.83. The summed E-state index contributed by atoms with van der Waals surface area (Å²) < 4.78 is 23.3. The number of nitrogens with one attached hydrogen (secondary N) is 1. The summed E-state index contributed by atoms with van der Waals surface area (Å²) in [6.45, 7) is 6.61. The van der Waals surface area contributed by atoms with Crippen molar-refractivity contribution < 1.29 is 8.42 Å². The van der Waals surface area contributed by atoms with Crippen LogP contribution in [0.25, 0.3) is 0 Å². The highest BCUT2D eigenvalue weighted by Crippen LogP contribution is 2.16. The van der Waals surface area contributed by atoms with E-state index in [9.17, 15) is 8.42 Å². The van der Waals surface area contributed by atoms with E-state index in [-0.39, 0.29) is 17.5 Å². The Bertz CT molecular complexity index is 525. The quantitative estimate of drug-likeness (QED) is 0.896. The molecule has 1 unspecified atom stereocenters. The highest BCUT2D eigenvalue weighted by Gasteiger charge is 2.24. The largest absolute Gasteiger partial charge is 0.372 e. The molecule has 0 amide bonds. The van der Waals surface area contributed by atoms with Crippen molar-refractivity contribution in [3.8, 4) is 0 Å². The van der Waals surface area contributed by atoms with E-state index in [2.05, 4.69) is 48.3 Å². The molecule has 1 aliphatic rings. The second kappa shape index (κ2) is 6.59. The molecule has 1 fully saturated rings. The molecule has 20 heavy (non-hydrogen) atoms. The molecule has 0 aliphatic carbocycles. The van der Waals surface area contributed by atoms with Gasteiger partial charge in [0.25, 0.3) is 0 Å². The van der Waals surface area contributed by atoms with E-state index < -0.39 is 9.84 Å². The second-order valence-electron chi connectivity index (χ2n) is 5.47. The van der Waals surface area contributed by atoms with Crippen LogP contribution in [0.5, 0.6) is 0 Å². The van der Waals surface area contributed by atoms with Crippen molar-refractivity contribution in [1.82, 2.24) is 5.32 Å². The van der Waals surface area contributed by atoms with Crippen LogP contribution in [0.1, 0.15) is 18.9 Å². The lowest BCUT2D eigenvalue weighted by molar-refractivity contribution is 0.493. The van der Waals surface area contributed by atoms with Gasteiger partial charge in [0.05, 0.1) is 11.5 Å². The van der Waals surface area contributed by atoms with Crippen molar-refractivity contribution in [3.05, 3.63) is 29.8 Å². The summed E-state index contributed by atoms with van der Waals surface area (Å²) in [7, 11) is -2.84. The van der Waals surface area contributed by atoms with E-state index in [0.29, 0.717) is 6.54 Å². The van der Waals surface area contributed by atoms with E-state index >= 15 is 0 Å². The average molecular weight is 296 g/mol. The highest BCUT2D eigenvalue weighted by atomic mass is 32.2. The molecule has 1 atom stereocenters. The van der Waals surface area contributed by atoms with Crippen LogP contribution >= 0.6 is 0 Å². The molecular formula is C15H24N2O2S. The summed E-state index contributed by atoms with van der Waals surface area (Å²) >= 11 is 0. The Morgan fingerprint density at radius 3 is 2.60 bits per heavy atom. The summed E-state index contributed by atoms with van der Waals surface area (Å²) in [5.74, 6) is 0.553. The van der Waals surface area contributed by atoms with Gasteiger partial charge < -0.3 is 10.2 Å². The minimum Gasteiger partial charge on any atom is -0.372 e. The van der Waals surface area contributed by atoms with Crippen LogP contribution in [0.4, 0.5) is 5.69 Å². The molecule has 1 aromatic rings. The molecule has 1 heterocycles. The van der Waals surface area contributed by atoms with Crippen molar-refractivity contribution in [3.63, 3.8) is 0 Å². The van der Waals surface area contributed by atoms with E-state index in [4.69, 9.17) is 0 Å². The maximum Gasteiger partial charge on any atom is 0.153 e. The summed E-state index contributed by atoms with van der Waals surface area (Å²) in [5, 5.41) is 3.31. The van der Waals surface area contributed by atoms with Crippen molar-refractivity contribution in [1.29, 1.82) is 0 Å². The van der Waals surface area contributed by atoms with Gasteiger partial charge in [-0.05, 0) is 32.4 Å². The lowest BCUT2D eigenvalue weighted by Gasteiger charge is -2.28. The van der Waals surface area contributed by atoms with Crippen LogP contribution in [0.2, 0.25) is 0 Å². The normalized spacial score (nSPS) is 21.6. The summed E-state index contributed by atoms with van der Waals surface area (Å²) in [4.78, 5) is 2.29. The summed E-state index contributed by atoms with van der Waals surface area (Å²) in [6.07, 6.45) is 0.862. The number of hydrogen-bond donors (Lipinski definition) is 1. The second-order valence-corrected chi connectivity index (χ2v) is 7.70. The number of sulfone groups is 1. The van der Waals surface area contributed by atoms with Gasteiger partial charge in [-0.3, -0.25) is 0 Å². The van der Waals surface area contributed by atoms with E-state index in [1.165, 1.54) is 11.3 Å². The summed E-state index contributed by atoms with van der Waals surface area (Å²) in [5.41, 5.74) is 2.46. The molecule has 5 heteroatoms. The standard InChI is InChI=1S/C15H24N2O2S/c1-3-17(15-6-4-13(2)5-7-15)10-8-14-12-20(18,19)11-9-16-14/h4-7,14,16H,3,8-12H2,1-2H3. The summed E-state index contributed by atoms with van der Waals surface area (Å²) in [6, 6.07) is 8.57. The van der Waals surface area contributed by atoms with Crippen molar-refractivity contribution in [2.24, 2.45) is 0 Å². The third kappa shape index (κ3) is 4.21. The lowest BCUT2D eigenvalue weighted by Crippen LogP contribution is -2.46. The fraction of sp³-hybridized carbons (Fsp3) is 0.600. The predicted octanol–water partition coefficient (Wildman–Crippen LogP) is 1.60. The van der Waals surface area contributed by atoms with Gasteiger partial charge >= 0.3 is 0 Å². The molecule has 2 rings (SSSR count). The van der Waals surface area contributed by atoms with Crippen LogP contribution in [0, 0.1) is 6.92 Å². The molecule has 1 aromatic carbocycles. The zero-order valence-corrected chi connectivity index (χ0v) is 13.1. The monoisotopic (exact) mass is 296 g/mol. The van der Waals surface area contributed by atoms with Crippen molar-refractivity contribution in [2.45, 2.75) is 26.3 Å². The SMILES string of the molecule is CCN(CCC1CS(=O)(=O)CCN1)c1ccc(C)cc1. The first-order valence-electron chi connectivity index (χ1n) is 7.25. The first-order chi connectivity index (χ1) is 9.50. The number of hydrogen-bond acceptors (Lipinski definition) is 4. The van der Waals surface area contributed by atoms with Gasteiger partial charge in [0.15, 0.2) is 9.84 Å². The molecule has 0 aromatic heterocycles. The van der Waals surface area contributed by atoms with Gasteiger partial charge in [-0.25, -0.2) is 8.42 Å². The third-order valence-corrected chi connectivity index (χ3v) is 5.57. The van der Waals surface area contributed by atoms with Gasteiger partial charge in [-0.1, -0.05) is 17.7 Å². The predicted molar refractivity (Wildman–Crippen MR) is 84.1 cm³/mol. The Morgan fingerprint density at radius 1 is 1.30 bits per heavy atom. The maximum absolute atomic E-state index is 11.6. The Kier molecular flexibility index (Phi) is 5.05. The Morgan fingerprint density at radius 2 is 2.00 bits per heavy atom. The fourth-order valence-electron chi connectivity index (χ4n) is 2.59. The van der Waals surface area contributed by atoms with Gasteiger partial charge in [0.1, 0.15) is 0 Å². The van der Waals surface area contributed by atoms with Crippen LogP contribution < -0.4 is 10.2 Å². The van der Waals surface area contributed by atoms with Crippen LogP contribution in [0.3, 0.4) is 0 Å². The van der Waals surface area contributed by atoms with Gasteiger partial charge in [0.2, 0.25) is 0 Å². The van der Waals surface area contributed by atoms with E-state index in [0.717, 1.165) is 19.5 Å². The zero-order valence-electron chi connectivity index (χ0n) is 12.3. The molecule has 1 N–H and O–H groups in total. The minimum atomic E-state index is -2.84. The molecule has 4 nitrogen and oxygen atoms in total. The van der Waals surface area contributed by atoms with Gasteiger partial charge in [-0.2, -0.15) is 0 Å². The fourth-order valence-corrected chi connectivity index (χ4v) is 4.08. The number of anilines is 1. The Hall–Kier alpha value is -1.07. The number of aryl methyl sites for hydroxylation is 1. The van der Waals surface area contributed by atoms with Crippen molar-refractivity contribution >= 4 is 15.5 Å². The smallest absolute Gasteiger partial charge is 0.153 e. The highest BCUT2D eigenvalue weighted by molar-refractivity contribution is 7.91. The number of benzene rings is 1. The molecule has 0 bridgehead atoms. The first-order valence-corrected chi connectivity index (χ1v) is 9.08. The topological polar surface area (TPSA) is 49.4 Å². The van der Waals surface area contributed by atoms with Crippen LogP contribution in [-0.4, -0.2) is 45.6 Å². The lowest BCUT2D eigenvalue weighted by atomic mass is 10.2. The van der Waals surface area contributed by atoms with E-state index in [1.54, 1.807) is 0 Å². The Balaban J connectivity index is 1.92. The molecular weight excluding hydrogens is 272 g/mol. The molecule has 1 saturated heterocycles. The zero-order chi connectivity index (χ0) is 14.6. The molecule has 1 aliphatic heterocycles. The number of nitrogens with zero attached hydrogens (tertiary/aromatic N) is 1. The molecule has 0 radical (unpaired) electrons. The van der Waals surface area contributed by atoms with Crippen molar-refractivity contribution in [2.75, 3.05) is 36.0 Å². The molecule has 112 valence electrons. The van der Waals surface area contributed by atoms with Gasteiger partial charge in [-0.15, -0.1) is 0 Å². The van der Waals surface area contributed by atoms with Crippen LogP contribution in [-0.2, 0) is 9.84 Å². The van der Waals surface area contributed by atoms with E-state index in [1.807, 2.05) is 0 Å². The Labute approximate surface area is 122 Å². The average Bonchev–Trinajstić information content (AvgIpc) is 2.40. The molecule has 0 spiro atoms.